The first kappa shape index (κ1) is 24.1. The SMILES string of the molecule is CCOC(=O)C[C@H](C)[C@@H](CS(=O)c1ccc(C)cc1)O[Si](C)(C)C(C)(C)C. The average Bonchev–Trinajstić information content (AvgIpc) is 2.53. The lowest BCUT2D eigenvalue weighted by atomic mass is 10.0. The van der Waals surface area contributed by atoms with Crippen molar-refractivity contribution in [1.82, 2.24) is 0 Å². The summed E-state index contributed by atoms with van der Waals surface area (Å²) in [5.41, 5.74) is 1.14. The Morgan fingerprint density at radius 2 is 1.74 bits per heavy atom. The maximum atomic E-state index is 12.9. The van der Waals surface area contributed by atoms with Crippen LogP contribution in [0, 0.1) is 12.8 Å². The van der Waals surface area contributed by atoms with Crippen LogP contribution < -0.4 is 0 Å². The fraction of sp³-hybridized carbons (Fsp3) is 0.667. The Kier molecular flexibility index (Phi) is 8.90. The molecular weight excluding hydrogens is 376 g/mol. The molecule has 0 aliphatic heterocycles. The van der Waals surface area contributed by atoms with E-state index in [0.717, 1.165) is 10.5 Å². The van der Waals surface area contributed by atoms with Crippen molar-refractivity contribution in [3.8, 4) is 0 Å². The standard InChI is InChI=1S/C21H36O4SSi/c1-9-24-20(22)14-17(3)19(25-27(7,8)21(4,5)6)15-26(23)18-12-10-16(2)11-13-18/h10-13,17,19H,9,14-15H2,1-8H3/t17-,19+,26?/m0/s1. The molecule has 0 heterocycles. The van der Waals surface area contributed by atoms with Gasteiger partial charge in [-0.25, -0.2) is 0 Å². The fourth-order valence-electron chi connectivity index (χ4n) is 2.42. The molecule has 0 bridgehead atoms. The Balaban J connectivity index is 3.00. The topological polar surface area (TPSA) is 52.6 Å². The molecule has 0 saturated carbocycles. The molecule has 0 saturated heterocycles. The van der Waals surface area contributed by atoms with Crippen LogP contribution in [0.3, 0.4) is 0 Å². The fourth-order valence-corrected chi connectivity index (χ4v) is 5.29. The zero-order valence-corrected chi connectivity index (χ0v) is 19.9. The van der Waals surface area contributed by atoms with Gasteiger partial charge < -0.3 is 9.16 Å². The second-order valence-corrected chi connectivity index (χ2v) is 15.0. The Bertz CT molecular complexity index is 635. The molecule has 154 valence electrons. The molecule has 1 rings (SSSR count). The molecule has 1 unspecified atom stereocenters. The number of rotatable bonds is 9. The summed E-state index contributed by atoms with van der Waals surface area (Å²) in [6, 6.07) is 7.76. The van der Waals surface area contributed by atoms with Gasteiger partial charge in [0.15, 0.2) is 8.32 Å². The van der Waals surface area contributed by atoms with Crippen LogP contribution in [0.1, 0.15) is 46.6 Å². The minimum atomic E-state index is -2.06. The first-order valence-corrected chi connectivity index (χ1v) is 13.9. The lowest BCUT2D eigenvalue weighted by molar-refractivity contribution is -0.144. The average molecular weight is 413 g/mol. The van der Waals surface area contributed by atoms with Gasteiger partial charge in [0.1, 0.15) is 0 Å². The van der Waals surface area contributed by atoms with Gasteiger partial charge in [0.2, 0.25) is 0 Å². The normalized spacial score (nSPS) is 15.9. The van der Waals surface area contributed by atoms with Crippen molar-refractivity contribution in [2.24, 2.45) is 5.92 Å². The summed E-state index contributed by atoms with van der Waals surface area (Å²) in [6.45, 7) is 17.1. The highest BCUT2D eigenvalue weighted by atomic mass is 32.2. The molecule has 0 N–H and O–H groups in total. The third kappa shape index (κ3) is 7.51. The van der Waals surface area contributed by atoms with Gasteiger partial charge in [-0.3, -0.25) is 9.00 Å². The summed E-state index contributed by atoms with van der Waals surface area (Å²) in [6.07, 6.45) is 0.0236. The van der Waals surface area contributed by atoms with Gasteiger partial charge >= 0.3 is 5.97 Å². The van der Waals surface area contributed by atoms with Crippen LogP contribution in [0.2, 0.25) is 18.1 Å². The highest BCUT2D eigenvalue weighted by Gasteiger charge is 2.40. The second kappa shape index (κ2) is 9.98. The third-order valence-electron chi connectivity index (χ3n) is 5.28. The maximum absolute atomic E-state index is 12.9. The summed E-state index contributed by atoms with van der Waals surface area (Å²) >= 11 is 0. The Labute approximate surface area is 168 Å². The lowest BCUT2D eigenvalue weighted by Gasteiger charge is -2.40. The van der Waals surface area contributed by atoms with Crippen molar-refractivity contribution < 1.29 is 18.2 Å². The summed E-state index contributed by atoms with van der Waals surface area (Å²) in [5, 5.41) is 0.0419. The van der Waals surface area contributed by atoms with E-state index in [1.807, 2.05) is 38.1 Å². The van der Waals surface area contributed by atoms with Crippen molar-refractivity contribution in [3.05, 3.63) is 29.8 Å². The molecule has 27 heavy (non-hydrogen) atoms. The van der Waals surface area contributed by atoms with Gasteiger partial charge in [0.25, 0.3) is 0 Å². The van der Waals surface area contributed by atoms with Crippen molar-refractivity contribution in [3.63, 3.8) is 0 Å². The molecule has 0 radical (unpaired) electrons. The maximum Gasteiger partial charge on any atom is 0.306 e. The molecule has 0 aliphatic rings. The predicted molar refractivity (Wildman–Crippen MR) is 115 cm³/mol. The van der Waals surface area contributed by atoms with Crippen LogP contribution in [0.4, 0.5) is 0 Å². The minimum Gasteiger partial charge on any atom is -0.466 e. The van der Waals surface area contributed by atoms with E-state index in [1.165, 1.54) is 0 Å². The van der Waals surface area contributed by atoms with Crippen LogP contribution in [0.5, 0.6) is 0 Å². The van der Waals surface area contributed by atoms with Gasteiger partial charge in [-0.05, 0) is 50.0 Å². The van der Waals surface area contributed by atoms with Crippen LogP contribution in [0.15, 0.2) is 29.2 Å². The van der Waals surface area contributed by atoms with Crippen LogP contribution >= 0.6 is 0 Å². The first-order valence-electron chi connectivity index (χ1n) is 9.66. The van der Waals surface area contributed by atoms with Crippen LogP contribution in [0.25, 0.3) is 0 Å². The van der Waals surface area contributed by atoms with Crippen molar-refractivity contribution in [1.29, 1.82) is 0 Å². The molecule has 0 amide bonds. The van der Waals surface area contributed by atoms with Gasteiger partial charge in [-0.2, -0.15) is 0 Å². The van der Waals surface area contributed by atoms with Crippen molar-refractivity contribution in [2.45, 2.75) is 77.1 Å². The van der Waals surface area contributed by atoms with Crippen LogP contribution in [-0.4, -0.2) is 37.0 Å². The number of carbonyl (C=O) groups excluding carboxylic acids is 1. The largest absolute Gasteiger partial charge is 0.466 e. The predicted octanol–water partition coefficient (Wildman–Crippen LogP) is 5.08. The van der Waals surface area contributed by atoms with E-state index in [2.05, 4.69) is 33.9 Å². The molecule has 0 fully saturated rings. The zero-order chi connectivity index (χ0) is 20.8. The summed E-state index contributed by atoms with van der Waals surface area (Å²) in [5.74, 6) is 0.0957. The molecular formula is C21H36O4SSi. The van der Waals surface area contributed by atoms with Gasteiger partial charge in [0, 0.05) is 4.90 Å². The quantitative estimate of drug-likeness (QED) is 0.419. The Morgan fingerprint density at radius 3 is 2.22 bits per heavy atom. The van der Waals surface area contributed by atoms with E-state index in [9.17, 15) is 9.00 Å². The van der Waals surface area contributed by atoms with E-state index in [1.54, 1.807) is 6.92 Å². The number of ether oxygens (including phenoxy) is 1. The lowest BCUT2D eigenvalue weighted by Crippen LogP contribution is -2.47. The molecule has 4 nitrogen and oxygen atoms in total. The summed E-state index contributed by atoms with van der Waals surface area (Å²) in [7, 11) is -3.24. The van der Waals surface area contributed by atoms with Crippen LogP contribution in [-0.2, 0) is 24.8 Å². The zero-order valence-electron chi connectivity index (χ0n) is 18.1. The Hall–Kier alpha value is -0.983. The summed E-state index contributed by atoms with van der Waals surface area (Å²) in [4.78, 5) is 12.8. The molecule has 0 spiro atoms. The van der Waals surface area contributed by atoms with Crippen molar-refractivity contribution in [2.75, 3.05) is 12.4 Å². The van der Waals surface area contributed by atoms with E-state index in [4.69, 9.17) is 9.16 Å². The van der Waals surface area contributed by atoms with Gasteiger partial charge in [0.05, 0.1) is 35.7 Å². The number of esters is 1. The van der Waals surface area contributed by atoms with E-state index >= 15 is 0 Å². The molecule has 1 aromatic rings. The molecule has 1 aromatic carbocycles. The minimum absolute atomic E-state index is 0.0419. The molecule has 6 heteroatoms. The van der Waals surface area contributed by atoms with Gasteiger partial charge in [-0.1, -0.05) is 45.4 Å². The van der Waals surface area contributed by atoms with Crippen molar-refractivity contribution >= 4 is 25.1 Å². The highest BCUT2D eigenvalue weighted by molar-refractivity contribution is 7.85. The smallest absolute Gasteiger partial charge is 0.306 e. The summed E-state index contributed by atoms with van der Waals surface area (Å²) < 4.78 is 24.6. The number of aryl methyl sites for hydroxylation is 1. The number of carbonyl (C=O) groups is 1. The number of benzene rings is 1. The van der Waals surface area contributed by atoms with E-state index < -0.39 is 19.1 Å². The third-order valence-corrected chi connectivity index (χ3v) is 11.2. The Morgan fingerprint density at radius 1 is 1.19 bits per heavy atom. The number of hydrogen-bond donors (Lipinski definition) is 0. The highest BCUT2D eigenvalue weighted by Crippen LogP contribution is 2.38. The molecule has 0 aliphatic carbocycles. The molecule has 3 atom stereocenters. The van der Waals surface area contributed by atoms with Gasteiger partial charge in [-0.15, -0.1) is 0 Å². The van der Waals surface area contributed by atoms with E-state index in [0.29, 0.717) is 12.4 Å². The molecule has 0 aromatic heterocycles. The second-order valence-electron chi connectivity index (χ2n) is 8.73. The first-order chi connectivity index (χ1) is 12.4. The monoisotopic (exact) mass is 412 g/mol. The number of hydrogen-bond acceptors (Lipinski definition) is 4. The van der Waals surface area contributed by atoms with E-state index in [-0.39, 0.29) is 29.5 Å².